The number of hydrogen-bond acceptors (Lipinski definition) is 1. The fraction of sp³-hybridized carbons (Fsp3) is 0.235. The van der Waals surface area contributed by atoms with Crippen LogP contribution in [0.15, 0.2) is 46.9 Å². The maximum atomic E-state index is 12.5. The summed E-state index contributed by atoms with van der Waals surface area (Å²) >= 11 is 9.42. The number of amides is 1. The van der Waals surface area contributed by atoms with Gasteiger partial charge in [-0.25, -0.2) is 0 Å². The van der Waals surface area contributed by atoms with Crippen molar-refractivity contribution in [3.8, 4) is 0 Å². The summed E-state index contributed by atoms with van der Waals surface area (Å²) in [6.45, 7) is 0. The molecule has 0 heterocycles. The highest BCUT2D eigenvalue weighted by Gasteiger charge is 2.24. The number of fused-ring (bicyclic) bond motifs is 1. The molecule has 2 aromatic rings. The van der Waals surface area contributed by atoms with Crippen LogP contribution in [0.3, 0.4) is 0 Å². The molecule has 0 aromatic heterocycles. The summed E-state index contributed by atoms with van der Waals surface area (Å²) in [5.74, 6) is 0.0817. The largest absolute Gasteiger partial charge is 0.325 e. The zero-order chi connectivity index (χ0) is 14.8. The van der Waals surface area contributed by atoms with Crippen LogP contribution in [-0.2, 0) is 17.6 Å². The molecule has 21 heavy (non-hydrogen) atoms. The van der Waals surface area contributed by atoms with Gasteiger partial charge < -0.3 is 5.32 Å². The van der Waals surface area contributed by atoms with Gasteiger partial charge >= 0.3 is 0 Å². The Balaban J connectivity index is 1.74. The van der Waals surface area contributed by atoms with E-state index < -0.39 is 0 Å². The van der Waals surface area contributed by atoms with Crippen molar-refractivity contribution >= 4 is 39.1 Å². The monoisotopic (exact) mass is 363 g/mol. The second kappa shape index (κ2) is 6.20. The lowest BCUT2D eigenvalue weighted by Crippen LogP contribution is -2.28. The summed E-state index contributed by atoms with van der Waals surface area (Å²) < 4.78 is 0.844. The van der Waals surface area contributed by atoms with Crippen molar-refractivity contribution in [1.29, 1.82) is 0 Å². The second-order valence-electron chi connectivity index (χ2n) is 5.32. The van der Waals surface area contributed by atoms with E-state index in [1.807, 2.05) is 12.1 Å². The van der Waals surface area contributed by atoms with E-state index in [9.17, 15) is 4.79 Å². The van der Waals surface area contributed by atoms with Crippen LogP contribution >= 0.6 is 27.5 Å². The fourth-order valence-corrected chi connectivity index (χ4v) is 3.27. The van der Waals surface area contributed by atoms with Crippen molar-refractivity contribution in [3.05, 3.63) is 63.1 Å². The van der Waals surface area contributed by atoms with Crippen LogP contribution in [0.1, 0.15) is 17.5 Å². The molecule has 1 aliphatic carbocycles. The average molecular weight is 365 g/mol. The van der Waals surface area contributed by atoms with Gasteiger partial charge in [-0.15, -0.1) is 0 Å². The van der Waals surface area contributed by atoms with E-state index in [1.54, 1.807) is 12.1 Å². The lowest BCUT2D eigenvalue weighted by atomic mass is 9.83. The minimum absolute atomic E-state index is 0.0192. The van der Waals surface area contributed by atoms with E-state index in [4.69, 9.17) is 11.6 Å². The molecule has 0 saturated heterocycles. The molecule has 1 N–H and O–H groups in total. The molecule has 0 aliphatic heterocycles. The Morgan fingerprint density at radius 3 is 2.76 bits per heavy atom. The second-order valence-corrected chi connectivity index (χ2v) is 6.61. The van der Waals surface area contributed by atoms with Crippen molar-refractivity contribution in [2.75, 3.05) is 5.32 Å². The maximum Gasteiger partial charge on any atom is 0.227 e. The van der Waals surface area contributed by atoms with Crippen LogP contribution in [0.4, 0.5) is 5.69 Å². The first-order chi connectivity index (χ1) is 10.1. The van der Waals surface area contributed by atoms with Crippen LogP contribution in [0.2, 0.25) is 5.02 Å². The van der Waals surface area contributed by atoms with Gasteiger partial charge in [0.2, 0.25) is 5.91 Å². The van der Waals surface area contributed by atoms with Crippen LogP contribution in [0.25, 0.3) is 0 Å². The minimum Gasteiger partial charge on any atom is -0.325 e. The fourth-order valence-electron chi connectivity index (χ4n) is 2.75. The number of hydrogen-bond donors (Lipinski definition) is 1. The summed E-state index contributed by atoms with van der Waals surface area (Å²) in [6.07, 6.45) is 2.66. The van der Waals surface area contributed by atoms with Gasteiger partial charge in [0.05, 0.1) is 5.69 Å². The Hall–Kier alpha value is -1.32. The summed E-state index contributed by atoms with van der Waals surface area (Å²) in [5, 5.41) is 3.59. The Morgan fingerprint density at radius 1 is 1.19 bits per heavy atom. The molecule has 0 radical (unpaired) electrons. The van der Waals surface area contributed by atoms with Crippen LogP contribution < -0.4 is 5.32 Å². The molecule has 1 aliphatic rings. The predicted molar refractivity (Wildman–Crippen MR) is 89.7 cm³/mol. The van der Waals surface area contributed by atoms with E-state index in [0.29, 0.717) is 5.02 Å². The number of aryl methyl sites for hydroxylation is 1. The normalized spacial score (nSPS) is 17.1. The molecule has 4 heteroatoms. The smallest absolute Gasteiger partial charge is 0.227 e. The van der Waals surface area contributed by atoms with Crippen LogP contribution in [0.5, 0.6) is 0 Å². The third-order valence-electron chi connectivity index (χ3n) is 3.90. The molecule has 1 amide bonds. The van der Waals surface area contributed by atoms with E-state index in [2.05, 4.69) is 39.4 Å². The number of carbonyl (C=O) groups excluding carboxylic acids is 1. The van der Waals surface area contributed by atoms with E-state index in [0.717, 1.165) is 29.4 Å². The highest BCUT2D eigenvalue weighted by atomic mass is 79.9. The molecule has 108 valence electrons. The first kappa shape index (κ1) is 14.6. The third-order valence-corrected chi connectivity index (χ3v) is 4.83. The van der Waals surface area contributed by atoms with E-state index in [1.165, 1.54) is 11.1 Å². The highest BCUT2D eigenvalue weighted by Crippen LogP contribution is 2.29. The maximum absolute atomic E-state index is 12.5. The molecule has 0 fully saturated rings. The minimum atomic E-state index is 0.0192. The lowest BCUT2D eigenvalue weighted by molar-refractivity contribution is -0.120. The molecule has 0 spiro atoms. The Bertz CT molecular complexity index is 686. The molecular formula is C17H15BrClNO. The SMILES string of the molecule is O=C(Nc1cc(Cl)ccc1Br)C1CCc2ccccc2C1. The van der Waals surface area contributed by atoms with Gasteiger partial charge in [-0.2, -0.15) is 0 Å². The predicted octanol–water partition coefficient (Wildman–Crippen LogP) is 4.85. The molecule has 0 saturated carbocycles. The zero-order valence-electron chi connectivity index (χ0n) is 11.4. The number of benzene rings is 2. The van der Waals surface area contributed by atoms with Gasteiger partial charge in [-0.3, -0.25) is 4.79 Å². The summed E-state index contributed by atoms with van der Waals surface area (Å²) in [6, 6.07) is 13.8. The van der Waals surface area contributed by atoms with E-state index >= 15 is 0 Å². The summed E-state index contributed by atoms with van der Waals surface area (Å²) in [4.78, 5) is 12.5. The highest BCUT2D eigenvalue weighted by molar-refractivity contribution is 9.10. The Kier molecular flexibility index (Phi) is 4.32. The van der Waals surface area contributed by atoms with Gasteiger partial charge in [-0.05, 0) is 64.5 Å². The van der Waals surface area contributed by atoms with Gasteiger partial charge in [-0.1, -0.05) is 35.9 Å². The van der Waals surface area contributed by atoms with E-state index in [-0.39, 0.29) is 11.8 Å². The molecule has 1 unspecified atom stereocenters. The number of nitrogens with one attached hydrogen (secondary N) is 1. The number of halogens is 2. The quantitative estimate of drug-likeness (QED) is 0.811. The first-order valence-corrected chi connectivity index (χ1v) is 8.13. The standard InChI is InChI=1S/C17H15BrClNO/c18-15-8-7-14(19)10-16(15)20-17(21)13-6-5-11-3-1-2-4-12(11)9-13/h1-4,7-8,10,13H,5-6,9H2,(H,20,21). The zero-order valence-corrected chi connectivity index (χ0v) is 13.7. The Morgan fingerprint density at radius 2 is 1.95 bits per heavy atom. The summed E-state index contributed by atoms with van der Waals surface area (Å²) in [7, 11) is 0. The van der Waals surface area contributed by atoms with Crippen molar-refractivity contribution in [2.45, 2.75) is 19.3 Å². The molecular weight excluding hydrogens is 350 g/mol. The lowest BCUT2D eigenvalue weighted by Gasteiger charge is -2.24. The average Bonchev–Trinajstić information content (AvgIpc) is 2.50. The van der Waals surface area contributed by atoms with Crippen molar-refractivity contribution < 1.29 is 4.79 Å². The number of rotatable bonds is 2. The third kappa shape index (κ3) is 3.30. The number of anilines is 1. The van der Waals surface area contributed by atoms with Gasteiger partial charge in [0, 0.05) is 15.4 Å². The molecule has 3 rings (SSSR count). The topological polar surface area (TPSA) is 29.1 Å². The Labute approximate surface area is 137 Å². The van der Waals surface area contributed by atoms with Crippen molar-refractivity contribution in [2.24, 2.45) is 5.92 Å². The molecule has 0 bridgehead atoms. The molecule has 1 atom stereocenters. The summed E-state index contributed by atoms with van der Waals surface area (Å²) in [5.41, 5.74) is 3.38. The van der Waals surface area contributed by atoms with Crippen molar-refractivity contribution in [1.82, 2.24) is 0 Å². The molecule has 2 nitrogen and oxygen atoms in total. The molecule has 2 aromatic carbocycles. The van der Waals surface area contributed by atoms with Gasteiger partial charge in [0.15, 0.2) is 0 Å². The van der Waals surface area contributed by atoms with Crippen LogP contribution in [0, 0.1) is 5.92 Å². The van der Waals surface area contributed by atoms with Crippen molar-refractivity contribution in [3.63, 3.8) is 0 Å². The first-order valence-electron chi connectivity index (χ1n) is 6.96. The van der Waals surface area contributed by atoms with Gasteiger partial charge in [0.25, 0.3) is 0 Å². The number of carbonyl (C=O) groups is 1. The van der Waals surface area contributed by atoms with Crippen LogP contribution in [-0.4, -0.2) is 5.91 Å². The van der Waals surface area contributed by atoms with Gasteiger partial charge in [0.1, 0.15) is 0 Å².